The van der Waals surface area contributed by atoms with Crippen LogP contribution in [0.15, 0.2) is 5.16 Å². The molecule has 0 bridgehead atoms. The van der Waals surface area contributed by atoms with E-state index >= 15 is 4.39 Å². The molecule has 0 radical (unpaired) electrons. The van der Waals surface area contributed by atoms with Crippen LogP contribution in [-0.4, -0.2) is 68.7 Å². The first kappa shape index (κ1) is 24.6. The van der Waals surface area contributed by atoms with Crippen LogP contribution in [0.1, 0.15) is 51.9 Å². The van der Waals surface area contributed by atoms with Crippen molar-refractivity contribution in [2.45, 2.75) is 88.1 Å². The highest BCUT2D eigenvalue weighted by atomic mass is 35.5. The standard InChI is InChI=1S/C21H36ClFN4O4/c1-12-14(22)8-6-10-15(12)30-20-17(23)21(26-11-25-20)31-16-9-5-4-7-13(16)18(27-29-3)19(28)24-2/h12-17,20-21,25-26H,4-11H2,1-3H3,(H,24,28)/b27-18+. The van der Waals surface area contributed by atoms with Gasteiger partial charge in [-0.15, -0.1) is 11.6 Å². The minimum absolute atomic E-state index is 0.0526. The molecule has 1 aliphatic heterocycles. The molecular weight excluding hydrogens is 427 g/mol. The van der Waals surface area contributed by atoms with Crippen LogP contribution >= 0.6 is 11.6 Å². The van der Waals surface area contributed by atoms with Gasteiger partial charge in [0, 0.05) is 25.0 Å². The van der Waals surface area contributed by atoms with E-state index in [1.807, 2.05) is 0 Å². The normalized spacial score (nSPS) is 39.7. The average Bonchev–Trinajstić information content (AvgIpc) is 2.78. The largest absolute Gasteiger partial charge is 0.399 e. The predicted octanol–water partition coefficient (Wildman–Crippen LogP) is 2.26. The van der Waals surface area contributed by atoms with Crippen LogP contribution in [0, 0.1) is 11.8 Å². The zero-order valence-corrected chi connectivity index (χ0v) is 19.4. The molecule has 10 heteroatoms. The molecule has 1 heterocycles. The van der Waals surface area contributed by atoms with Gasteiger partial charge in [0.05, 0.1) is 12.2 Å². The fourth-order valence-electron chi connectivity index (χ4n) is 4.81. The van der Waals surface area contributed by atoms with Gasteiger partial charge >= 0.3 is 0 Å². The zero-order chi connectivity index (χ0) is 22.4. The number of carbonyl (C=O) groups is 1. The van der Waals surface area contributed by atoms with Crippen LogP contribution in [0.3, 0.4) is 0 Å². The molecule has 2 saturated carbocycles. The molecule has 3 rings (SSSR count). The van der Waals surface area contributed by atoms with Crippen molar-refractivity contribution in [3.05, 3.63) is 0 Å². The summed E-state index contributed by atoms with van der Waals surface area (Å²) >= 11 is 6.40. The van der Waals surface area contributed by atoms with E-state index in [1.165, 1.54) is 7.11 Å². The van der Waals surface area contributed by atoms with Gasteiger partial charge in [-0.05, 0) is 38.0 Å². The van der Waals surface area contributed by atoms with E-state index in [0.717, 1.165) is 44.9 Å². The smallest absolute Gasteiger partial charge is 0.269 e. The number of oxime groups is 1. The Morgan fingerprint density at radius 1 is 1.06 bits per heavy atom. The molecule has 8 unspecified atom stereocenters. The van der Waals surface area contributed by atoms with Crippen LogP contribution in [0.25, 0.3) is 0 Å². The molecule has 1 saturated heterocycles. The second-order valence-corrected chi connectivity index (χ2v) is 9.22. The lowest BCUT2D eigenvalue weighted by atomic mass is 9.82. The van der Waals surface area contributed by atoms with E-state index in [1.54, 1.807) is 7.05 Å². The Kier molecular flexibility index (Phi) is 9.33. The van der Waals surface area contributed by atoms with Gasteiger partial charge in [-0.2, -0.15) is 0 Å². The number of amides is 1. The Morgan fingerprint density at radius 3 is 2.39 bits per heavy atom. The van der Waals surface area contributed by atoms with Crippen molar-refractivity contribution in [3.8, 4) is 0 Å². The van der Waals surface area contributed by atoms with Crippen molar-refractivity contribution in [1.82, 2.24) is 16.0 Å². The maximum atomic E-state index is 15.4. The molecule has 3 N–H and O–H groups in total. The number of halogens is 2. The first-order chi connectivity index (χ1) is 15.0. The predicted molar refractivity (Wildman–Crippen MR) is 116 cm³/mol. The van der Waals surface area contributed by atoms with Gasteiger partial charge < -0.3 is 19.6 Å². The average molecular weight is 463 g/mol. The summed E-state index contributed by atoms with van der Waals surface area (Å²) in [6.07, 6.45) is 2.76. The number of rotatable bonds is 7. The van der Waals surface area contributed by atoms with Gasteiger partial charge in [0.2, 0.25) is 0 Å². The van der Waals surface area contributed by atoms with E-state index in [4.69, 9.17) is 25.9 Å². The van der Waals surface area contributed by atoms with Gasteiger partial charge in [-0.1, -0.05) is 24.9 Å². The van der Waals surface area contributed by atoms with Gasteiger partial charge in [0.15, 0.2) is 6.17 Å². The number of nitrogens with one attached hydrogen (secondary N) is 3. The van der Waals surface area contributed by atoms with Crippen molar-refractivity contribution in [3.63, 3.8) is 0 Å². The molecule has 8 nitrogen and oxygen atoms in total. The maximum absolute atomic E-state index is 15.4. The van der Waals surface area contributed by atoms with Crippen molar-refractivity contribution in [1.29, 1.82) is 0 Å². The first-order valence-electron chi connectivity index (χ1n) is 11.3. The Bertz CT molecular complexity index is 628. The van der Waals surface area contributed by atoms with E-state index in [-0.39, 0.29) is 41.0 Å². The quantitative estimate of drug-likeness (QED) is 0.305. The van der Waals surface area contributed by atoms with Crippen molar-refractivity contribution in [2.75, 3.05) is 20.8 Å². The Balaban J connectivity index is 1.65. The fraction of sp³-hybridized carbons (Fsp3) is 0.905. The number of ether oxygens (including phenoxy) is 2. The topological polar surface area (TPSA) is 93.2 Å². The summed E-state index contributed by atoms with van der Waals surface area (Å²) in [5, 5.41) is 12.7. The highest BCUT2D eigenvalue weighted by Gasteiger charge is 2.42. The van der Waals surface area contributed by atoms with Crippen molar-refractivity contribution >= 4 is 23.2 Å². The molecule has 0 aromatic rings. The third-order valence-electron chi connectivity index (χ3n) is 6.66. The molecular formula is C21H36ClFN4O4. The lowest BCUT2D eigenvalue weighted by Gasteiger charge is -2.42. The summed E-state index contributed by atoms with van der Waals surface area (Å²) in [6.45, 7) is 2.43. The molecule has 0 spiro atoms. The van der Waals surface area contributed by atoms with Gasteiger partial charge in [0.25, 0.3) is 5.91 Å². The summed E-state index contributed by atoms with van der Waals surface area (Å²) in [5.74, 6) is -0.394. The lowest BCUT2D eigenvalue weighted by molar-refractivity contribution is -0.175. The van der Waals surface area contributed by atoms with Crippen molar-refractivity contribution < 1.29 is 23.5 Å². The lowest BCUT2D eigenvalue weighted by Crippen LogP contribution is -2.63. The highest BCUT2D eigenvalue weighted by Crippen LogP contribution is 2.33. The van der Waals surface area contributed by atoms with E-state index in [9.17, 15) is 4.79 Å². The molecule has 8 atom stereocenters. The van der Waals surface area contributed by atoms with Crippen LogP contribution in [0.5, 0.6) is 0 Å². The van der Waals surface area contributed by atoms with Gasteiger partial charge in [-0.3, -0.25) is 15.4 Å². The molecule has 0 aromatic carbocycles. The fourth-order valence-corrected chi connectivity index (χ4v) is 5.12. The van der Waals surface area contributed by atoms with Gasteiger partial charge in [-0.25, -0.2) is 4.39 Å². The molecule has 3 aliphatic rings. The third kappa shape index (κ3) is 6.07. The minimum atomic E-state index is -1.40. The Hall–Kier alpha value is -1.00. The number of hydrogen-bond donors (Lipinski definition) is 3. The molecule has 31 heavy (non-hydrogen) atoms. The van der Waals surface area contributed by atoms with Gasteiger partial charge in [0.1, 0.15) is 25.3 Å². The van der Waals surface area contributed by atoms with Crippen LogP contribution < -0.4 is 16.0 Å². The second-order valence-electron chi connectivity index (χ2n) is 8.65. The Morgan fingerprint density at radius 2 is 1.71 bits per heavy atom. The maximum Gasteiger partial charge on any atom is 0.269 e. The summed E-state index contributed by atoms with van der Waals surface area (Å²) < 4.78 is 27.7. The number of nitrogens with zero attached hydrogens (tertiary/aromatic N) is 1. The minimum Gasteiger partial charge on any atom is -0.399 e. The summed E-state index contributed by atoms with van der Waals surface area (Å²) in [4.78, 5) is 17.2. The van der Waals surface area contributed by atoms with Crippen LogP contribution in [0.4, 0.5) is 4.39 Å². The molecule has 178 valence electrons. The highest BCUT2D eigenvalue weighted by molar-refractivity contribution is 6.39. The molecule has 1 amide bonds. The molecule has 0 aromatic heterocycles. The summed E-state index contributed by atoms with van der Waals surface area (Å²) in [5.41, 5.74) is 0.288. The van der Waals surface area contributed by atoms with Crippen LogP contribution in [-0.2, 0) is 19.1 Å². The molecule has 2 aliphatic carbocycles. The number of alkyl halides is 2. The van der Waals surface area contributed by atoms with E-state index in [0.29, 0.717) is 6.67 Å². The first-order valence-corrected chi connectivity index (χ1v) is 11.8. The third-order valence-corrected chi connectivity index (χ3v) is 7.27. The van der Waals surface area contributed by atoms with E-state index in [2.05, 4.69) is 28.0 Å². The number of hydrogen-bond acceptors (Lipinski definition) is 7. The number of carbonyl (C=O) groups excluding carboxylic acids is 1. The molecule has 3 fully saturated rings. The Labute approximate surface area is 188 Å². The summed E-state index contributed by atoms with van der Waals surface area (Å²) in [7, 11) is 2.96. The monoisotopic (exact) mass is 462 g/mol. The van der Waals surface area contributed by atoms with Crippen LogP contribution in [0.2, 0.25) is 0 Å². The van der Waals surface area contributed by atoms with Crippen molar-refractivity contribution in [2.24, 2.45) is 17.0 Å². The van der Waals surface area contributed by atoms with E-state index < -0.39 is 18.6 Å². The zero-order valence-electron chi connectivity index (χ0n) is 18.6. The SMILES string of the molecule is CNC(=O)/C(=N/OC)C1CCCCC1OC1NCNC(OC2CCCC(Cl)C2C)C1F. The summed E-state index contributed by atoms with van der Waals surface area (Å²) in [6, 6.07) is 0. The second kappa shape index (κ2) is 11.7.